The molecular formula is C16H14N2O. The fraction of sp³-hybridized carbons (Fsp3) is 0.125. The van der Waals surface area contributed by atoms with Crippen LogP contribution in [0.3, 0.4) is 0 Å². The monoisotopic (exact) mass is 250 g/mol. The third-order valence-electron chi connectivity index (χ3n) is 3.48. The summed E-state index contributed by atoms with van der Waals surface area (Å²) in [5, 5.41) is 1.01. The van der Waals surface area contributed by atoms with Crippen LogP contribution in [0, 0.1) is 13.8 Å². The largest absolute Gasteiger partial charge is 0.354 e. The number of hydrogen-bond donors (Lipinski definition) is 1. The lowest BCUT2D eigenvalue weighted by molar-refractivity contribution is 0.112. The Balaban J connectivity index is 2.42. The zero-order valence-electron chi connectivity index (χ0n) is 10.9. The van der Waals surface area contributed by atoms with Crippen molar-refractivity contribution in [3.8, 4) is 11.3 Å². The molecule has 0 fully saturated rings. The van der Waals surface area contributed by atoms with Crippen molar-refractivity contribution in [1.82, 2.24) is 9.97 Å². The first kappa shape index (κ1) is 11.7. The molecule has 0 aliphatic rings. The van der Waals surface area contributed by atoms with Gasteiger partial charge < -0.3 is 4.98 Å². The van der Waals surface area contributed by atoms with E-state index in [1.807, 2.05) is 32.0 Å². The number of benzene rings is 1. The average molecular weight is 250 g/mol. The molecule has 0 spiro atoms. The summed E-state index contributed by atoms with van der Waals surface area (Å²) in [4.78, 5) is 19.0. The van der Waals surface area contributed by atoms with E-state index in [1.54, 1.807) is 12.4 Å². The van der Waals surface area contributed by atoms with Gasteiger partial charge in [0.05, 0.1) is 5.69 Å². The number of nitrogens with one attached hydrogen (secondary N) is 1. The second-order valence-corrected chi connectivity index (χ2v) is 4.72. The molecule has 0 saturated carbocycles. The molecule has 0 aliphatic heterocycles. The molecule has 0 radical (unpaired) electrons. The quantitative estimate of drug-likeness (QED) is 0.705. The zero-order chi connectivity index (χ0) is 13.4. The molecule has 0 unspecified atom stereocenters. The Hall–Kier alpha value is -2.42. The van der Waals surface area contributed by atoms with Crippen LogP contribution >= 0.6 is 0 Å². The summed E-state index contributed by atoms with van der Waals surface area (Å²) in [5.41, 5.74) is 5.76. The Kier molecular flexibility index (Phi) is 2.67. The van der Waals surface area contributed by atoms with E-state index in [2.05, 4.69) is 16.0 Å². The molecule has 0 bridgehead atoms. The predicted octanol–water partition coefficient (Wildman–Crippen LogP) is 3.66. The van der Waals surface area contributed by atoms with Gasteiger partial charge in [-0.1, -0.05) is 12.1 Å². The number of nitrogens with zero attached hydrogens (tertiary/aromatic N) is 1. The maximum absolute atomic E-state index is 11.5. The van der Waals surface area contributed by atoms with Crippen LogP contribution in [0.4, 0.5) is 0 Å². The molecule has 2 heterocycles. The van der Waals surface area contributed by atoms with Gasteiger partial charge >= 0.3 is 0 Å². The van der Waals surface area contributed by atoms with E-state index in [1.165, 1.54) is 0 Å². The lowest BCUT2D eigenvalue weighted by Crippen LogP contribution is -1.86. The number of fused-ring (bicyclic) bond motifs is 1. The number of aromatic amines is 1. The van der Waals surface area contributed by atoms with Crippen LogP contribution in [0.15, 0.2) is 36.7 Å². The highest BCUT2D eigenvalue weighted by atomic mass is 16.1. The SMILES string of the molecule is Cc1ccc(C)c2c(C=O)c(-c3cccnc3)[nH]c12. The van der Waals surface area contributed by atoms with Gasteiger partial charge in [-0.05, 0) is 37.1 Å². The highest BCUT2D eigenvalue weighted by Gasteiger charge is 2.15. The van der Waals surface area contributed by atoms with E-state index < -0.39 is 0 Å². The van der Waals surface area contributed by atoms with Gasteiger partial charge in [0.25, 0.3) is 0 Å². The number of H-pyrrole nitrogens is 1. The molecule has 94 valence electrons. The van der Waals surface area contributed by atoms with Gasteiger partial charge in [-0.3, -0.25) is 9.78 Å². The molecule has 0 aliphatic carbocycles. The normalized spacial score (nSPS) is 10.8. The van der Waals surface area contributed by atoms with Gasteiger partial charge in [0.1, 0.15) is 0 Å². The van der Waals surface area contributed by atoms with Crippen LogP contribution in [-0.2, 0) is 0 Å². The van der Waals surface area contributed by atoms with Crippen molar-refractivity contribution < 1.29 is 4.79 Å². The van der Waals surface area contributed by atoms with Crippen LogP contribution in [0.1, 0.15) is 21.5 Å². The third kappa shape index (κ3) is 1.74. The van der Waals surface area contributed by atoms with Gasteiger partial charge in [0.2, 0.25) is 0 Å². The van der Waals surface area contributed by atoms with Gasteiger partial charge in [-0.25, -0.2) is 0 Å². The first-order valence-electron chi connectivity index (χ1n) is 6.20. The number of pyridine rings is 1. The molecular weight excluding hydrogens is 236 g/mol. The van der Waals surface area contributed by atoms with E-state index in [4.69, 9.17) is 0 Å². The molecule has 0 saturated heterocycles. The fourth-order valence-corrected chi connectivity index (χ4v) is 2.49. The fourth-order valence-electron chi connectivity index (χ4n) is 2.49. The number of rotatable bonds is 2. The number of aromatic nitrogens is 2. The Labute approximate surface area is 111 Å². The molecule has 0 atom stereocenters. The summed E-state index contributed by atoms with van der Waals surface area (Å²) in [5.74, 6) is 0. The highest BCUT2D eigenvalue weighted by Crippen LogP contribution is 2.32. The number of aryl methyl sites for hydroxylation is 2. The molecule has 3 rings (SSSR count). The summed E-state index contributed by atoms with van der Waals surface area (Å²) < 4.78 is 0. The number of carbonyl (C=O) groups excluding carboxylic acids is 1. The summed E-state index contributed by atoms with van der Waals surface area (Å²) in [6.07, 6.45) is 4.42. The Morgan fingerprint density at radius 3 is 2.63 bits per heavy atom. The van der Waals surface area contributed by atoms with Crippen LogP contribution in [0.2, 0.25) is 0 Å². The van der Waals surface area contributed by atoms with Crippen LogP contribution in [0.25, 0.3) is 22.2 Å². The minimum Gasteiger partial charge on any atom is -0.354 e. The van der Waals surface area contributed by atoms with E-state index in [0.717, 1.165) is 39.6 Å². The number of carbonyl (C=O) groups is 1. The maximum Gasteiger partial charge on any atom is 0.152 e. The molecule has 3 aromatic rings. The maximum atomic E-state index is 11.5. The summed E-state index contributed by atoms with van der Waals surface area (Å²) in [6.45, 7) is 4.06. The van der Waals surface area contributed by atoms with E-state index in [0.29, 0.717) is 5.56 Å². The van der Waals surface area contributed by atoms with E-state index in [9.17, 15) is 4.79 Å². The van der Waals surface area contributed by atoms with Gasteiger partial charge in [-0.2, -0.15) is 0 Å². The minimum atomic E-state index is 0.712. The van der Waals surface area contributed by atoms with Crippen LogP contribution in [0.5, 0.6) is 0 Å². The van der Waals surface area contributed by atoms with E-state index in [-0.39, 0.29) is 0 Å². The van der Waals surface area contributed by atoms with Crippen molar-refractivity contribution in [3.05, 3.63) is 53.3 Å². The van der Waals surface area contributed by atoms with Crippen LogP contribution < -0.4 is 0 Å². The Morgan fingerprint density at radius 2 is 1.95 bits per heavy atom. The molecule has 3 nitrogen and oxygen atoms in total. The van der Waals surface area contributed by atoms with E-state index >= 15 is 0 Å². The summed E-state index contributed by atoms with van der Waals surface area (Å²) in [6, 6.07) is 7.94. The molecule has 3 heteroatoms. The van der Waals surface area contributed by atoms with Crippen molar-refractivity contribution in [2.24, 2.45) is 0 Å². The Bertz CT molecular complexity index is 757. The number of aldehydes is 1. The third-order valence-corrected chi connectivity index (χ3v) is 3.48. The molecule has 2 aromatic heterocycles. The summed E-state index contributed by atoms with van der Waals surface area (Å²) >= 11 is 0. The van der Waals surface area contributed by atoms with Crippen molar-refractivity contribution >= 4 is 17.2 Å². The molecule has 1 aromatic carbocycles. The molecule has 1 N–H and O–H groups in total. The van der Waals surface area contributed by atoms with Crippen molar-refractivity contribution in [2.75, 3.05) is 0 Å². The lowest BCUT2D eigenvalue weighted by Gasteiger charge is -2.00. The first-order valence-corrected chi connectivity index (χ1v) is 6.20. The molecule has 19 heavy (non-hydrogen) atoms. The second kappa shape index (κ2) is 4.35. The predicted molar refractivity (Wildman–Crippen MR) is 76.4 cm³/mol. The molecule has 0 amide bonds. The standard InChI is InChI=1S/C16H14N2O/c1-10-5-6-11(2)15-14(10)13(9-19)16(18-15)12-4-3-7-17-8-12/h3-9,18H,1-2H3. The summed E-state index contributed by atoms with van der Waals surface area (Å²) in [7, 11) is 0. The number of hydrogen-bond acceptors (Lipinski definition) is 2. The average Bonchev–Trinajstić information content (AvgIpc) is 2.84. The van der Waals surface area contributed by atoms with Crippen molar-refractivity contribution in [2.45, 2.75) is 13.8 Å². The second-order valence-electron chi connectivity index (χ2n) is 4.72. The zero-order valence-corrected chi connectivity index (χ0v) is 10.9. The smallest absolute Gasteiger partial charge is 0.152 e. The van der Waals surface area contributed by atoms with Gasteiger partial charge in [-0.15, -0.1) is 0 Å². The minimum absolute atomic E-state index is 0.712. The highest BCUT2D eigenvalue weighted by molar-refractivity contribution is 6.06. The van der Waals surface area contributed by atoms with Gasteiger partial charge in [0.15, 0.2) is 6.29 Å². The van der Waals surface area contributed by atoms with Gasteiger partial charge in [0, 0.05) is 34.4 Å². The van der Waals surface area contributed by atoms with Crippen LogP contribution in [-0.4, -0.2) is 16.3 Å². The Morgan fingerprint density at radius 1 is 1.16 bits per heavy atom. The first-order chi connectivity index (χ1) is 9.22. The topological polar surface area (TPSA) is 45.8 Å². The van der Waals surface area contributed by atoms with Crippen molar-refractivity contribution in [3.63, 3.8) is 0 Å². The lowest BCUT2D eigenvalue weighted by atomic mass is 10.0. The van der Waals surface area contributed by atoms with Crippen molar-refractivity contribution in [1.29, 1.82) is 0 Å².